The van der Waals surface area contributed by atoms with Gasteiger partial charge in [0.1, 0.15) is 38.4 Å². The first kappa shape index (κ1) is 45.0. The molecule has 59 heavy (non-hydrogen) atoms. The predicted octanol–water partition coefficient (Wildman–Crippen LogP) is 6.47. The molecule has 0 bridgehead atoms. The van der Waals surface area contributed by atoms with E-state index in [1.54, 1.807) is 0 Å². The molecule has 8 N–H and O–H groups in total. The van der Waals surface area contributed by atoms with Gasteiger partial charge in [0.2, 0.25) is 5.95 Å². The monoisotopic (exact) mass is 924 g/mol. The Labute approximate surface area is 337 Å². The van der Waals surface area contributed by atoms with Crippen LogP contribution >= 0.6 is 24.4 Å². The molecule has 31 heteroatoms. The number of phenols is 1. The van der Waals surface area contributed by atoms with Crippen molar-refractivity contribution in [1.82, 2.24) is 9.97 Å². The lowest BCUT2D eigenvalue weighted by atomic mass is 10.1. The lowest BCUT2D eigenvalue weighted by molar-refractivity contribution is -0.434. The second-order valence-electron chi connectivity index (χ2n) is 10.9. The molecule has 5 rings (SSSR count). The topological polar surface area (TPSA) is 363 Å². The minimum Gasteiger partial charge on any atom is -0.505 e. The fourth-order valence-corrected chi connectivity index (χ4v) is 7.88. The summed E-state index contributed by atoms with van der Waals surface area (Å²) in [6, 6.07) is 9.62. The number of benzene rings is 4. The maximum absolute atomic E-state index is 13.6. The number of aromatic hydroxyl groups is 1. The van der Waals surface area contributed by atoms with E-state index in [0.29, 0.717) is 6.07 Å². The standard InChI is InChI=1S/C28H22F2N8O16S5/c29-23-12-24(34-28(30)33-23)32-13-1-5-21(58(44,45)46)18(9-13)35-37-25-16-11-20(55-53-51-40)26(27(39)15(16)3-4-17(25)31)38-36-19-10-14(2-6-22(19)59(47,48)49)57(42,43)8-7-50-56-54-52-41/h1-6,9-12,39-41H,7-8,31H2,(H,32,33,34)(H,44,45,46)(H,47,48,49)/b37-35+,38-36+. The molecule has 0 fully saturated rings. The molecule has 0 atom stereocenters. The molecule has 0 unspecified atom stereocenters. The van der Waals surface area contributed by atoms with Crippen LogP contribution in [0.15, 0.2) is 101 Å². The van der Waals surface area contributed by atoms with E-state index in [1.807, 2.05) is 0 Å². The fraction of sp³-hybridized carbons (Fsp3) is 0.0714. The molecule has 1 heterocycles. The molecule has 4 aromatic carbocycles. The van der Waals surface area contributed by atoms with Crippen LogP contribution in [-0.2, 0) is 53.0 Å². The van der Waals surface area contributed by atoms with Gasteiger partial charge in [-0.1, -0.05) is 10.1 Å². The van der Waals surface area contributed by atoms with Crippen molar-refractivity contribution in [1.29, 1.82) is 0 Å². The Morgan fingerprint density at radius 1 is 0.763 bits per heavy atom. The number of halogens is 2. The van der Waals surface area contributed by atoms with Crippen molar-refractivity contribution in [2.45, 2.75) is 19.6 Å². The highest BCUT2D eigenvalue weighted by Crippen LogP contribution is 2.48. The van der Waals surface area contributed by atoms with Gasteiger partial charge in [-0.3, -0.25) is 13.3 Å². The van der Waals surface area contributed by atoms with Crippen molar-refractivity contribution in [2.24, 2.45) is 20.5 Å². The number of hydrogen-bond acceptors (Lipinski definition) is 24. The average Bonchev–Trinajstić information content (AvgIpc) is 3.15. The van der Waals surface area contributed by atoms with Crippen molar-refractivity contribution in [3.63, 3.8) is 0 Å². The number of sulfone groups is 1. The summed E-state index contributed by atoms with van der Waals surface area (Å²) in [7, 11) is -14.3. The Morgan fingerprint density at radius 3 is 2.05 bits per heavy atom. The molecule has 314 valence electrons. The summed E-state index contributed by atoms with van der Waals surface area (Å²) >= 11 is 0.286. The SMILES string of the molecule is Nc1ccc2c(O)c(/N=N/c3cc(S(=O)(=O)CCOSOOO)ccc3S(=O)(=O)O)c(SOOO)cc2c1/N=N/c1cc(Nc2cc(F)nc(F)n2)ccc1S(=O)(=O)O. The number of hydrogen-bond donors (Lipinski definition) is 7. The largest absolute Gasteiger partial charge is 0.505 e. The van der Waals surface area contributed by atoms with Crippen LogP contribution in [0.3, 0.4) is 0 Å². The van der Waals surface area contributed by atoms with Gasteiger partial charge in [-0.05, 0) is 54.6 Å². The van der Waals surface area contributed by atoms with Gasteiger partial charge in [-0.15, -0.1) is 29.1 Å². The van der Waals surface area contributed by atoms with Crippen molar-refractivity contribution >= 4 is 105 Å². The summed E-state index contributed by atoms with van der Waals surface area (Å²) in [6.45, 7) is -0.516. The average molecular weight is 925 g/mol. The van der Waals surface area contributed by atoms with Crippen molar-refractivity contribution in [3.8, 4) is 5.75 Å². The Morgan fingerprint density at radius 2 is 1.41 bits per heavy atom. The van der Waals surface area contributed by atoms with Crippen molar-refractivity contribution < 1.29 is 81.7 Å². The molecule has 0 amide bonds. The fourth-order valence-electron chi connectivity index (χ4n) is 4.76. The van der Waals surface area contributed by atoms with E-state index in [9.17, 15) is 48.2 Å². The summed E-state index contributed by atoms with van der Waals surface area (Å²) < 4.78 is 135. The highest BCUT2D eigenvalue weighted by molar-refractivity contribution is 7.94. The van der Waals surface area contributed by atoms with Gasteiger partial charge >= 0.3 is 6.08 Å². The van der Waals surface area contributed by atoms with Gasteiger partial charge < -0.3 is 16.2 Å². The number of nitrogen functional groups attached to an aromatic ring is 1. The van der Waals surface area contributed by atoms with E-state index >= 15 is 0 Å². The summed E-state index contributed by atoms with van der Waals surface area (Å²) in [5.41, 5.74) is 3.88. The van der Waals surface area contributed by atoms with Gasteiger partial charge in [0.25, 0.3) is 20.2 Å². The second kappa shape index (κ2) is 18.8. The number of nitrogens with zero attached hydrogens (tertiary/aromatic N) is 6. The molecule has 5 aromatic rings. The number of aromatic nitrogens is 2. The van der Waals surface area contributed by atoms with E-state index in [2.05, 4.69) is 54.5 Å². The number of rotatable bonds is 18. The first-order valence-electron chi connectivity index (χ1n) is 15.1. The number of anilines is 3. The Kier molecular flexibility index (Phi) is 14.4. The van der Waals surface area contributed by atoms with Crippen LogP contribution in [0.5, 0.6) is 5.75 Å². The Balaban J connectivity index is 1.60. The molecule has 0 aliphatic rings. The van der Waals surface area contributed by atoms with Crippen LogP contribution < -0.4 is 11.1 Å². The molecule has 0 aliphatic heterocycles. The smallest absolute Gasteiger partial charge is 0.313 e. The first-order chi connectivity index (χ1) is 27.8. The molecular weight excluding hydrogens is 903 g/mol. The van der Waals surface area contributed by atoms with Crippen LogP contribution in [0.1, 0.15) is 0 Å². The zero-order chi connectivity index (χ0) is 43.1. The summed E-state index contributed by atoms with van der Waals surface area (Å²) in [6.07, 6.45) is -1.42. The molecule has 0 saturated heterocycles. The van der Waals surface area contributed by atoms with E-state index in [0.717, 1.165) is 42.5 Å². The zero-order valence-corrected chi connectivity index (χ0v) is 32.6. The minimum absolute atomic E-state index is 0.0458. The normalized spacial score (nSPS) is 12.6. The van der Waals surface area contributed by atoms with E-state index < -0.39 is 92.0 Å². The number of phenolic OH excluding ortho intramolecular Hbond substituents is 1. The lowest BCUT2D eigenvalue weighted by Gasteiger charge is -2.12. The molecule has 0 radical (unpaired) electrons. The van der Waals surface area contributed by atoms with E-state index in [-0.39, 0.29) is 62.9 Å². The van der Waals surface area contributed by atoms with Gasteiger partial charge in [0.05, 0.1) is 39.9 Å². The van der Waals surface area contributed by atoms with Gasteiger partial charge in [-0.25, -0.2) is 18.9 Å². The Hall–Kier alpha value is -5.13. The molecule has 24 nitrogen and oxygen atoms in total. The van der Waals surface area contributed by atoms with E-state index in [4.69, 9.17) is 20.4 Å². The number of nitrogens with one attached hydrogen (secondary N) is 1. The summed E-state index contributed by atoms with van der Waals surface area (Å²) in [5.74, 6) is -3.09. The predicted molar refractivity (Wildman–Crippen MR) is 197 cm³/mol. The van der Waals surface area contributed by atoms with Crippen LogP contribution in [-0.4, -0.2) is 72.3 Å². The third-order valence-corrected chi connectivity index (χ3v) is 11.7. The Bertz CT molecular complexity index is 2790. The molecular formula is C28H22F2N8O16S5. The van der Waals surface area contributed by atoms with E-state index in [1.165, 1.54) is 12.1 Å². The maximum Gasteiger partial charge on any atom is 0.313 e. The van der Waals surface area contributed by atoms with Crippen LogP contribution in [0.4, 0.5) is 48.7 Å². The van der Waals surface area contributed by atoms with Crippen LogP contribution in [0.25, 0.3) is 10.8 Å². The molecule has 0 spiro atoms. The third-order valence-electron chi connectivity index (χ3n) is 7.19. The van der Waals surface area contributed by atoms with Crippen molar-refractivity contribution in [2.75, 3.05) is 23.4 Å². The quantitative estimate of drug-likeness (QED) is 0.00570. The number of azo groups is 2. The lowest BCUT2D eigenvalue weighted by Crippen LogP contribution is -2.11. The third kappa shape index (κ3) is 11.3. The second-order valence-corrected chi connectivity index (χ2v) is 17.0. The van der Waals surface area contributed by atoms with Crippen LogP contribution in [0, 0.1) is 12.0 Å². The van der Waals surface area contributed by atoms with Gasteiger partial charge in [0, 0.05) is 22.5 Å². The number of nitrogens with two attached hydrogens (primary N) is 1. The highest BCUT2D eigenvalue weighted by atomic mass is 32.2. The molecule has 1 aromatic heterocycles. The van der Waals surface area contributed by atoms with Gasteiger partial charge in [0.15, 0.2) is 27.9 Å². The maximum atomic E-state index is 13.6. The highest BCUT2D eigenvalue weighted by Gasteiger charge is 2.24. The number of fused-ring (bicyclic) bond motifs is 1. The zero-order valence-electron chi connectivity index (χ0n) is 28.5. The molecule has 0 aliphatic carbocycles. The summed E-state index contributed by atoms with van der Waals surface area (Å²) in [4.78, 5) is 3.73. The first-order valence-corrected chi connectivity index (χ1v) is 21.0. The minimum atomic E-state index is -5.08. The van der Waals surface area contributed by atoms with Crippen molar-refractivity contribution in [3.05, 3.63) is 72.7 Å². The molecule has 0 saturated carbocycles. The van der Waals surface area contributed by atoms with Crippen LogP contribution in [0.2, 0.25) is 0 Å². The van der Waals surface area contributed by atoms with Gasteiger partial charge in [-0.2, -0.15) is 35.6 Å². The summed E-state index contributed by atoms with van der Waals surface area (Å²) in [5, 5.41) is 53.2.